The highest BCUT2D eigenvalue weighted by Crippen LogP contribution is 2.23. The van der Waals surface area contributed by atoms with Crippen LogP contribution in [0.5, 0.6) is 0 Å². The van der Waals surface area contributed by atoms with Gasteiger partial charge in [0.05, 0.1) is 12.2 Å². The molecule has 0 aromatic heterocycles. The van der Waals surface area contributed by atoms with Crippen molar-refractivity contribution in [3.05, 3.63) is 0 Å². The van der Waals surface area contributed by atoms with Crippen molar-refractivity contribution < 1.29 is 4.74 Å². The Hall–Kier alpha value is -0.0800. The normalized spacial score (nSPS) is 25.4. The van der Waals surface area contributed by atoms with Gasteiger partial charge in [-0.05, 0) is 39.7 Å². The van der Waals surface area contributed by atoms with Crippen LogP contribution >= 0.6 is 0 Å². The van der Waals surface area contributed by atoms with Crippen LogP contribution in [-0.4, -0.2) is 24.8 Å². The molecular weight excluding hydrogens is 186 g/mol. The van der Waals surface area contributed by atoms with Gasteiger partial charge in [0.2, 0.25) is 0 Å². The standard InChI is InChI=1S/C13H27NO/c1-4-5-6-7-10-14-12-8-9-13(2,3)15-11-12/h12,14H,4-11H2,1-3H3. The lowest BCUT2D eigenvalue weighted by Crippen LogP contribution is -2.43. The summed E-state index contributed by atoms with van der Waals surface area (Å²) in [6.07, 6.45) is 7.81. The Morgan fingerprint density at radius 2 is 2.07 bits per heavy atom. The molecule has 0 radical (unpaired) electrons. The second-order valence-corrected chi connectivity index (χ2v) is 5.32. The fourth-order valence-electron chi connectivity index (χ4n) is 2.02. The van der Waals surface area contributed by atoms with Crippen molar-refractivity contribution in [1.29, 1.82) is 0 Å². The first kappa shape index (κ1) is 13.0. The second kappa shape index (κ2) is 6.49. The molecule has 1 unspecified atom stereocenters. The number of hydrogen-bond acceptors (Lipinski definition) is 2. The maximum absolute atomic E-state index is 5.79. The van der Waals surface area contributed by atoms with Crippen LogP contribution < -0.4 is 5.32 Å². The first-order chi connectivity index (χ1) is 7.14. The van der Waals surface area contributed by atoms with E-state index < -0.39 is 0 Å². The average Bonchev–Trinajstić information content (AvgIpc) is 2.20. The van der Waals surface area contributed by atoms with Crippen LogP contribution in [0, 0.1) is 0 Å². The molecule has 0 bridgehead atoms. The first-order valence-electron chi connectivity index (χ1n) is 6.51. The molecule has 1 rings (SSSR count). The van der Waals surface area contributed by atoms with Crippen LogP contribution in [0.25, 0.3) is 0 Å². The third kappa shape index (κ3) is 5.53. The topological polar surface area (TPSA) is 21.3 Å². The fourth-order valence-corrected chi connectivity index (χ4v) is 2.02. The highest BCUT2D eigenvalue weighted by molar-refractivity contribution is 4.80. The van der Waals surface area contributed by atoms with E-state index in [1.54, 1.807) is 0 Å². The van der Waals surface area contributed by atoms with Crippen molar-refractivity contribution >= 4 is 0 Å². The lowest BCUT2D eigenvalue weighted by molar-refractivity contribution is -0.0652. The van der Waals surface area contributed by atoms with Gasteiger partial charge in [-0.15, -0.1) is 0 Å². The van der Waals surface area contributed by atoms with Gasteiger partial charge in [0.25, 0.3) is 0 Å². The summed E-state index contributed by atoms with van der Waals surface area (Å²) in [7, 11) is 0. The van der Waals surface area contributed by atoms with Gasteiger partial charge >= 0.3 is 0 Å². The second-order valence-electron chi connectivity index (χ2n) is 5.32. The largest absolute Gasteiger partial charge is 0.374 e. The third-order valence-electron chi connectivity index (χ3n) is 3.23. The van der Waals surface area contributed by atoms with Crippen molar-refractivity contribution in [2.75, 3.05) is 13.2 Å². The predicted molar refractivity (Wildman–Crippen MR) is 65.2 cm³/mol. The van der Waals surface area contributed by atoms with Crippen LogP contribution in [0.15, 0.2) is 0 Å². The summed E-state index contributed by atoms with van der Waals surface area (Å²) in [6.45, 7) is 8.68. The summed E-state index contributed by atoms with van der Waals surface area (Å²) >= 11 is 0. The summed E-state index contributed by atoms with van der Waals surface area (Å²) < 4.78 is 5.79. The Bertz CT molecular complexity index is 158. The van der Waals surface area contributed by atoms with Gasteiger partial charge in [0, 0.05) is 6.04 Å². The summed E-state index contributed by atoms with van der Waals surface area (Å²) in [6, 6.07) is 0.597. The molecule has 1 aliphatic heterocycles. The van der Waals surface area contributed by atoms with Gasteiger partial charge in [-0.1, -0.05) is 26.2 Å². The zero-order valence-electron chi connectivity index (χ0n) is 10.6. The lowest BCUT2D eigenvalue weighted by Gasteiger charge is -2.35. The van der Waals surface area contributed by atoms with E-state index in [4.69, 9.17) is 4.74 Å². The molecule has 0 amide bonds. The van der Waals surface area contributed by atoms with Gasteiger partial charge in [0.15, 0.2) is 0 Å². The highest BCUT2D eigenvalue weighted by atomic mass is 16.5. The zero-order valence-corrected chi connectivity index (χ0v) is 10.6. The molecule has 1 N–H and O–H groups in total. The van der Waals surface area contributed by atoms with Crippen LogP contribution in [0.2, 0.25) is 0 Å². The smallest absolute Gasteiger partial charge is 0.0627 e. The molecule has 1 fully saturated rings. The molecule has 2 heteroatoms. The Balaban J connectivity index is 1.99. The molecular formula is C13H27NO. The molecule has 1 atom stereocenters. The molecule has 15 heavy (non-hydrogen) atoms. The van der Waals surface area contributed by atoms with Crippen molar-refractivity contribution in [3.63, 3.8) is 0 Å². The Labute approximate surface area is 94.8 Å². The van der Waals surface area contributed by atoms with Crippen molar-refractivity contribution in [2.45, 2.75) is 70.9 Å². The minimum Gasteiger partial charge on any atom is -0.374 e. The number of ether oxygens (including phenoxy) is 1. The highest BCUT2D eigenvalue weighted by Gasteiger charge is 2.26. The van der Waals surface area contributed by atoms with Crippen molar-refractivity contribution in [1.82, 2.24) is 5.32 Å². The van der Waals surface area contributed by atoms with E-state index in [1.165, 1.54) is 38.5 Å². The number of nitrogens with one attached hydrogen (secondary N) is 1. The van der Waals surface area contributed by atoms with E-state index in [9.17, 15) is 0 Å². The van der Waals surface area contributed by atoms with E-state index in [0.29, 0.717) is 6.04 Å². The maximum Gasteiger partial charge on any atom is 0.0627 e. The van der Waals surface area contributed by atoms with Crippen LogP contribution in [0.1, 0.15) is 59.3 Å². The molecule has 0 aromatic rings. The van der Waals surface area contributed by atoms with Crippen molar-refractivity contribution in [3.8, 4) is 0 Å². The number of rotatable bonds is 6. The molecule has 0 spiro atoms. The maximum atomic E-state index is 5.79. The summed E-state index contributed by atoms with van der Waals surface area (Å²) in [4.78, 5) is 0. The number of unbranched alkanes of at least 4 members (excludes halogenated alkanes) is 3. The quantitative estimate of drug-likeness (QED) is 0.685. The molecule has 90 valence electrons. The molecule has 1 heterocycles. The van der Waals surface area contributed by atoms with Crippen LogP contribution in [0.3, 0.4) is 0 Å². The Kier molecular flexibility index (Phi) is 5.62. The molecule has 1 saturated heterocycles. The molecule has 0 aliphatic carbocycles. The predicted octanol–water partition coefficient (Wildman–Crippen LogP) is 3.11. The minimum atomic E-state index is 0.111. The van der Waals surface area contributed by atoms with Gasteiger partial charge in [0.1, 0.15) is 0 Å². The Morgan fingerprint density at radius 1 is 1.27 bits per heavy atom. The zero-order chi connectivity index (χ0) is 11.1. The van der Waals surface area contributed by atoms with E-state index >= 15 is 0 Å². The van der Waals surface area contributed by atoms with E-state index in [2.05, 4.69) is 26.1 Å². The monoisotopic (exact) mass is 213 g/mol. The average molecular weight is 213 g/mol. The SMILES string of the molecule is CCCCCCNC1CCC(C)(C)OC1. The van der Waals surface area contributed by atoms with Gasteiger partial charge in [-0.2, -0.15) is 0 Å². The first-order valence-corrected chi connectivity index (χ1v) is 6.51. The summed E-state index contributed by atoms with van der Waals surface area (Å²) in [5, 5.41) is 3.59. The molecule has 0 aromatic carbocycles. The minimum absolute atomic E-state index is 0.111. The number of hydrogen-bond donors (Lipinski definition) is 1. The van der Waals surface area contributed by atoms with E-state index in [0.717, 1.165) is 13.2 Å². The van der Waals surface area contributed by atoms with E-state index in [-0.39, 0.29) is 5.60 Å². The van der Waals surface area contributed by atoms with Gasteiger partial charge in [-0.25, -0.2) is 0 Å². The Morgan fingerprint density at radius 3 is 2.67 bits per heavy atom. The van der Waals surface area contributed by atoms with Crippen LogP contribution in [0.4, 0.5) is 0 Å². The lowest BCUT2D eigenvalue weighted by atomic mass is 9.96. The van der Waals surface area contributed by atoms with E-state index in [1.807, 2.05) is 0 Å². The van der Waals surface area contributed by atoms with Gasteiger partial charge < -0.3 is 10.1 Å². The molecule has 1 aliphatic rings. The molecule has 2 nitrogen and oxygen atoms in total. The summed E-state index contributed by atoms with van der Waals surface area (Å²) in [5.41, 5.74) is 0.111. The molecule has 0 saturated carbocycles. The summed E-state index contributed by atoms with van der Waals surface area (Å²) in [5.74, 6) is 0. The van der Waals surface area contributed by atoms with Crippen LogP contribution in [-0.2, 0) is 4.74 Å². The fraction of sp³-hybridized carbons (Fsp3) is 1.00. The third-order valence-corrected chi connectivity index (χ3v) is 3.23. The van der Waals surface area contributed by atoms with Gasteiger partial charge in [-0.3, -0.25) is 0 Å². The van der Waals surface area contributed by atoms with Crippen molar-refractivity contribution in [2.24, 2.45) is 0 Å².